The lowest BCUT2D eigenvalue weighted by molar-refractivity contribution is 0.169. The summed E-state index contributed by atoms with van der Waals surface area (Å²) in [4.78, 5) is 8.89. The van der Waals surface area contributed by atoms with Gasteiger partial charge in [0.1, 0.15) is 6.26 Å². The van der Waals surface area contributed by atoms with E-state index in [4.69, 9.17) is 4.52 Å². The Balaban J connectivity index is 0.00000320. The number of aromatic nitrogens is 1. The van der Waals surface area contributed by atoms with Crippen molar-refractivity contribution >= 4 is 39.8 Å². The summed E-state index contributed by atoms with van der Waals surface area (Å²) in [6, 6.07) is 11.2. The van der Waals surface area contributed by atoms with Crippen LogP contribution in [0, 0.1) is 0 Å². The molecule has 1 aliphatic heterocycles. The number of hydrogen-bond acceptors (Lipinski definition) is 6. The Hall–Kier alpha value is -1.66. The Morgan fingerprint density at radius 2 is 1.90 bits per heavy atom. The number of hydrogen-bond donors (Lipinski definition) is 1. The van der Waals surface area contributed by atoms with Gasteiger partial charge in [0.2, 0.25) is 0 Å². The molecule has 0 amide bonds. The highest BCUT2D eigenvalue weighted by molar-refractivity contribution is 14.0. The van der Waals surface area contributed by atoms with Crippen molar-refractivity contribution in [3.05, 3.63) is 53.9 Å². The third-order valence-corrected chi connectivity index (χ3v) is 6.59. The second-order valence-electron chi connectivity index (χ2n) is 7.16. The van der Waals surface area contributed by atoms with E-state index in [-0.39, 0.29) is 35.5 Å². The second kappa shape index (κ2) is 12.3. The zero-order valence-electron chi connectivity index (χ0n) is 17.2. The van der Waals surface area contributed by atoms with Gasteiger partial charge in [0.25, 0.3) is 0 Å². The average molecular weight is 547 g/mol. The Morgan fingerprint density at radius 1 is 1.17 bits per heavy atom. The third kappa shape index (κ3) is 7.88. The van der Waals surface area contributed by atoms with Crippen LogP contribution in [0.15, 0.2) is 52.2 Å². The van der Waals surface area contributed by atoms with E-state index in [1.54, 1.807) is 13.3 Å². The van der Waals surface area contributed by atoms with E-state index in [2.05, 4.69) is 25.3 Å². The van der Waals surface area contributed by atoms with Gasteiger partial charge in [0, 0.05) is 52.4 Å². The first-order valence-corrected chi connectivity index (χ1v) is 11.7. The molecule has 2 heterocycles. The highest BCUT2D eigenvalue weighted by atomic mass is 127. The minimum atomic E-state index is -3.11. The highest BCUT2D eigenvalue weighted by Gasteiger charge is 2.20. The average Bonchev–Trinajstić information content (AvgIpc) is 3.22. The van der Waals surface area contributed by atoms with Crippen LogP contribution in [0.2, 0.25) is 0 Å². The Bertz CT molecular complexity index is 867. The maximum atomic E-state index is 12.3. The molecule has 1 aromatic heterocycles. The van der Waals surface area contributed by atoms with E-state index in [9.17, 15) is 8.42 Å². The summed E-state index contributed by atoms with van der Waals surface area (Å²) in [7, 11) is -1.35. The zero-order valence-corrected chi connectivity index (χ0v) is 20.4. The van der Waals surface area contributed by atoms with Gasteiger partial charge < -0.3 is 14.7 Å². The lowest BCUT2D eigenvalue weighted by Gasteiger charge is -2.36. The summed E-state index contributed by atoms with van der Waals surface area (Å²) in [6.45, 7) is 4.93. The Labute approximate surface area is 195 Å². The fraction of sp³-hybridized carbons (Fsp3) is 0.500. The molecule has 8 nitrogen and oxygen atoms in total. The summed E-state index contributed by atoms with van der Waals surface area (Å²) in [5, 5.41) is 7.26. The lowest BCUT2D eigenvalue weighted by Crippen LogP contribution is -2.52. The fourth-order valence-corrected chi connectivity index (χ4v) is 4.82. The first kappa shape index (κ1) is 24.6. The summed E-state index contributed by atoms with van der Waals surface area (Å²) < 4.78 is 29.5. The number of benzene rings is 1. The predicted molar refractivity (Wildman–Crippen MR) is 129 cm³/mol. The topological polar surface area (TPSA) is 91.0 Å². The summed E-state index contributed by atoms with van der Waals surface area (Å²) in [6.07, 6.45) is 2.15. The van der Waals surface area contributed by atoms with Crippen molar-refractivity contribution in [1.82, 2.24) is 20.3 Å². The van der Waals surface area contributed by atoms with Gasteiger partial charge in [-0.25, -0.2) is 8.42 Å². The van der Waals surface area contributed by atoms with Crippen molar-refractivity contribution < 1.29 is 12.9 Å². The number of rotatable bonds is 8. The molecule has 0 saturated carbocycles. The van der Waals surface area contributed by atoms with E-state index in [0.29, 0.717) is 13.0 Å². The second-order valence-corrected chi connectivity index (χ2v) is 9.34. The van der Waals surface area contributed by atoms with Crippen LogP contribution in [0.1, 0.15) is 17.7 Å². The number of nitrogens with zero attached hydrogens (tertiary/aromatic N) is 4. The van der Waals surface area contributed by atoms with Crippen molar-refractivity contribution in [3.63, 3.8) is 0 Å². The van der Waals surface area contributed by atoms with Crippen molar-refractivity contribution in [2.45, 2.75) is 18.7 Å². The summed E-state index contributed by atoms with van der Waals surface area (Å²) >= 11 is 0. The number of guanidine groups is 1. The van der Waals surface area contributed by atoms with Gasteiger partial charge in [0.05, 0.1) is 17.2 Å². The van der Waals surface area contributed by atoms with Crippen molar-refractivity contribution in [2.75, 3.05) is 45.5 Å². The molecule has 2 aromatic rings. The molecular weight excluding hydrogens is 517 g/mol. The Kier molecular flexibility index (Phi) is 10.1. The molecule has 0 bridgehead atoms. The molecule has 0 unspecified atom stereocenters. The number of piperazine rings is 1. The van der Waals surface area contributed by atoms with E-state index < -0.39 is 9.84 Å². The maximum Gasteiger partial charge on any atom is 0.193 e. The quantitative estimate of drug-likeness (QED) is 0.234. The largest absolute Gasteiger partial charge is 0.364 e. The fourth-order valence-electron chi connectivity index (χ4n) is 3.39. The molecule has 3 rings (SSSR count). The number of sulfone groups is 1. The van der Waals surface area contributed by atoms with Crippen molar-refractivity contribution in [2.24, 2.45) is 4.99 Å². The summed E-state index contributed by atoms with van der Waals surface area (Å²) in [5.74, 6) is 1.08. The van der Waals surface area contributed by atoms with Crippen LogP contribution in [-0.4, -0.2) is 74.9 Å². The normalized spacial score (nSPS) is 15.6. The lowest BCUT2D eigenvalue weighted by atomic mass is 10.2. The van der Waals surface area contributed by atoms with Gasteiger partial charge in [-0.05, 0) is 12.0 Å². The number of nitrogens with one attached hydrogen (secondary N) is 1. The molecule has 30 heavy (non-hydrogen) atoms. The van der Waals surface area contributed by atoms with Crippen LogP contribution in [0.25, 0.3) is 0 Å². The van der Waals surface area contributed by atoms with E-state index in [0.717, 1.165) is 49.9 Å². The van der Waals surface area contributed by atoms with Crippen LogP contribution < -0.4 is 5.32 Å². The minimum absolute atomic E-state index is 0. The standard InChI is InChI=1S/C20H29N5O3S.HI/c1-21-20(25-12-10-24(11-13-25)16-19-8-14-28-23-19)22-9-5-15-29(26,27)17-18-6-3-2-4-7-18;/h2-4,6-8,14H,5,9-13,15-17H2,1H3,(H,21,22);1H. The first-order valence-electron chi connectivity index (χ1n) is 9.87. The molecule has 0 spiro atoms. The predicted octanol–water partition coefficient (Wildman–Crippen LogP) is 1.99. The summed E-state index contributed by atoms with van der Waals surface area (Å²) in [5.41, 5.74) is 1.78. The molecule has 0 aliphatic carbocycles. The maximum absolute atomic E-state index is 12.3. The van der Waals surface area contributed by atoms with Gasteiger partial charge >= 0.3 is 0 Å². The zero-order chi connectivity index (χ0) is 20.5. The molecule has 1 saturated heterocycles. The highest BCUT2D eigenvalue weighted by Crippen LogP contribution is 2.08. The number of aliphatic imine (C=N–C) groups is 1. The molecule has 0 atom stereocenters. The number of halogens is 1. The van der Waals surface area contributed by atoms with E-state index in [1.807, 2.05) is 36.4 Å². The van der Waals surface area contributed by atoms with E-state index in [1.165, 1.54) is 0 Å². The molecular formula is C20H30IN5O3S. The van der Waals surface area contributed by atoms with Gasteiger partial charge in [-0.2, -0.15) is 0 Å². The van der Waals surface area contributed by atoms with Gasteiger partial charge in [-0.1, -0.05) is 35.5 Å². The molecule has 1 N–H and O–H groups in total. The van der Waals surface area contributed by atoms with Crippen LogP contribution in [-0.2, 0) is 22.1 Å². The van der Waals surface area contributed by atoms with E-state index >= 15 is 0 Å². The van der Waals surface area contributed by atoms with Crippen molar-refractivity contribution in [3.8, 4) is 0 Å². The smallest absolute Gasteiger partial charge is 0.193 e. The molecule has 1 fully saturated rings. The monoisotopic (exact) mass is 547 g/mol. The SMILES string of the molecule is CN=C(NCCCS(=O)(=O)Cc1ccccc1)N1CCN(Cc2ccon2)CC1.I. The molecule has 0 radical (unpaired) electrons. The first-order chi connectivity index (χ1) is 14.1. The Morgan fingerprint density at radius 3 is 2.53 bits per heavy atom. The molecule has 10 heteroatoms. The van der Waals surface area contributed by atoms with Gasteiger partial charge in [-0.3, -0.25) is 9.89 Å². The van der Waals surface area contributed by atoms with Crippen LogP contribution in [0.5, 0.6) is 0 Å². The third-order valence-electron chi connectivity index (χ3n) is 4.91. The van der Waals surface area contributed by atoms with Gasteiger partial charge in [-0.15, -0.1) is 24.0 Å². The molecule has 1 aliphatic rings. The molecule has 1 aromatic carbocycles. The van der Waals surface area contributed by atoms with Crippen LogP contribution in [0.4, 0.5) is 0 Å². The molecule has 166 valence electrons. The van der Waals surface area contributed by atoms with Crippen LogP contribution in [0.3, 0.4) is 0 Å². The minimum Gasteiger partial charge on any atom is -0.364 e. The van der Waals surface area contributed by atoms with Crippen molar-refractivity contribution in [1.29, 1.82) is 0 Å². The van der Waals surface area contributed by atoms with Crippen LogP contribution >= 0.6 is 24.0 Å². The van der Waals surface area contributed by atoms with Gasteiger partial charge in [0.15, 0.2) is 15.8 Å².